The van der Waals surface area contributed by atoms with E-state index in [4.69, 9.17) is 4.74 Å². The molecule has 1 radical (unpaired) electrons. The number of rotatable bonds is 6. The Morgan fingerprint density at radius 2 is 1.64 bits per heavy atom. The van der Waals surface area contributed by atoms with E-state index in [1.165, 1.54) is 63.4 Å². The van der Waals surface area contributed by atoms with Crippen LogP contribution in [0.15, 0.2) is 30.3 Å². The minimum Gasteiger partial charge on any atom is -0.377 e. The third-order valence-electron chi connectivity index (χ3n) is 9.76. The molecule has 0 unspecified atom stereocenters. The second-order valence-corrected chi connectivity index (χ2v) is 11.2. The van der Waals surface area contributed by atoms with E-state index in [1.807, 2.05) is 0 Å². The summed E-state index contributed by atoms with van der Waals surface area (Å²) in [7, 11) is 0. The van der Waals surface area contributed by atoms with Gasteiger partial charge in [0.2, 0.25) is 0 Å². The van der Waals surface area contributed by atoms with Crippen molar-refractivity contribution in [2.75, 3.05) is 6.61 Å². The van der Waals surface area contributed by atoms with Crippen LogP contribution in [0, 0.1) is 23.2 Å². The molecule has 2 saturated heterocycles. The number of fused-ring (bicyclic) bond motifs is 5. The number of hydrogen-bond acceptors (Lipinski definition) is 1. The van der Waals surface area contributed by atoms with E-state index in [-0.39, 0.29) is 0 Å². The average Bonchev–Trinajstić information content (AvgIpc) is 2.71. The van der Waals surface area contributed by atoms with Gasteiger partial charge in [0.25, 0.3) is 0 Å². The van der Waals surface area contributed by atoms with Gasteiger partial charge in [0.1, 0.15) is 0 Å². The number of ether oxygens (including phenoxy) is 1. The molecular weight excluding hydrogens is 339 g/mol. The minimum absolute atomic E-state index is 0.588. The van der Waals surface area contributed by atoms with Crippen LogP contribution in [-0.4, -0.2) is 13.3 Å². The zero-order valence-electron chi connectivity index (χ0n) is 18.1. The van der Waals surface area contributed by atoms with Crippen molar-refractivity contribution in [3.05, 3.63) is 35.9 Å². The van der Waals surface area contributed by atoms with E-state index in [2.05, 4.69) is 44.2 Å². The molecule has 3 aliphatic carbocycles. The first-order valence-electron chi connectivity index (χ1n) is 12.3. The highest BCUT2D eigenvalue weighted by atomic mass is 16.5. The largest absolute Gasteiger partial charge is 0.377 e. The van der Waals surface area contributed by atoms with E-state index in [1.54, 1.807) is 0 Å². The van der Waals surface area contributed by atoms with Crippen molar-refractivity contribution in [2.24, 2.45) is 23.2 Å². The zero-order chi connectivity index (χ0) is 19.1. The Morgan fingerprint density at radius 3 is 2.29 bits per heavy atom. The molecule has 6 rings (SSSR count). The normalized spacial score (nSPS) is 39.4. The van der Waals surface area contributed by atoms with Crippen molar-refractivity contribution in [1.82, 2.24) is 0 Å². The molecular formula is C26H39BO-. The summed E-state index contributed by atoms with van der Waals surface area (Å²) in [5.41, 5.74) is 1.90. The quantitative estimate of drug-likeness (QED) is 0.374. The van der Waals surface area contributed by atoms with Gasteiger partial charge in [-0.2, -0.15) is 17.5 Å². The van der Waals surface area contributed by atoms with Gasteiger partial charge in [-0.15, -0.1) is 6.71 Å². The Balaban J connectivity index is 1.26. The lowest BCUT2D eigenvalue weighted by Gasteiger charge is -2.70. The van der Waals surface area contributed by atoms with Gasteiger partial charge in [-0.1, -0.05) is 95.0 Å². The molecule has 0 N–H and O–H groups in total. The van der Waals surface area contributed by atoms with Crippen molar-refractivity contribution < 1.29 is 4.74 Å². The van der Waals surface area contributed by atoms with Gasteiger partial charge in [-0.05, 0) is 35.7 Å². The lowest BCUT2D eigenvalue weighted by Crippen LogP contribution is -2.58. The topological polar surface area (TPSA) is 9.23 Å². The van der Waals surface area contributed by atoms with E-state index in [9.17, 15) is 0 Å². The summed E-state index contributed by atoms with van der Waals surface area (Å²) in [5, 5.41) is 0. The second kappa shape index (κ2) is 7.82. The summed E-state index contributed by atoms with van der Waals surface area (Å²) in [4.78, 5) is 0. The fourth-order valence-corrected chi connectivity index (χ4v) is 8.25. The Morgan fingerprint density at radius 1 is 0.964 bits per heavy atom. The molecule has 5 fully saturated rings. The van der Waals surface area contributed by atoms with Crippen LogP contribution in [0.4, 0.5) is 0 Å². The molecule has 153 valence electrons. The van der Waals surface area contributed by atoms with Gasteiger partial charge in [-0.3, -0.25) is 0 Å². The van der Waals surface area contributed by atoms with Crippen LogP contribution in [0.3, 0.4) is 0 Å². The summed E-state index contributed by atoms with van der Waals surface area (Å²) in [6.07, 6.45) is 13.5. The molecule has 5 aliphatic rings. The molecule has 28 heavy (non-hydrogen) atoms. The van der Waals surface area contributed by atoms with Gasteiger partial charge in [0.05, 0.1) is 6.61 Å². The molecule has 0 amide bonds. The van der Waals surface area contributed by atoms with Gasteiger partial charge in [0.15, 0.2) is 0 Å². The minimum atomic E-state index is 0.588. The molecule has 2 aliphatic heterocycles. The molecule has 2 heterocycles. The van der Waals surface area contributed by atoms with Gasteiger partial charge >= 0.3 is 0 Å². The molecule has 3 saturated carbocycles. The fraction of sp³-hybridized carbons (Fsp3) is 0.769. The van der Waals surface area contributed by atoms with Crippen LogP contribution < -0.4 is 0 Å². The second-order valence-electron chi connectivity index (χ2n) is 11.2. The first kappa shape index (κ1) is 19.2. The van der Waals surface area contributed by atoms with Crippen molar-refractivity contribution >= 4 is 6.71 Å². The third kappa shape index (κ3) is 3.38. The lowest BCUT2D eigenvalue weighted by atomic mass is 9.18. The molecule has 0 spiro atoms. The Hall–Kier alpha value is -0.755. The maximum absolute atomic E-state index is 6.19. The lowest BCUT2D eigenvalue weighted by molar-refractivity contribution is -0.112. The van der Waals surface area contributed by atoms with Crippen molar-refractivity contribution in [2.45, 2.75) is 95.7 Å². The fourth-order valence-electron chi connectivity index (χ4n) is 8.25. The van der Waals surface area contributed by atoms with Crippen LogP contribution in [-0.2, 0) is 11.3 Å². The monoisotopic (exact) mass is 378 g/mol. The summed E-state index contributed by atoms with van der Waals surface area (Å²) < 4.78 is 6.19. The SMILES string of the molecule is CC1(C)[C@H]2C[C@H]([B-]3C4CCCC3CCC4)[C@@H](CCOCc3ccccc3)[C@@H]1C2. The summed E-state index contributed by atoms with van der Waals surface area (Å²) >= 11 is 0. The predicted molar refractivity (Wildman–Crippen MR) is 119 cm³/mol. The van der Waals surface area contributed by atoms with Gasteiger partial charge in [0, 0.05) is 6.61 Å². The van der Waals surface area contributed by atoms with E-state index >= 15 is 0 Å². The van der Waals surface area contributed by atoms with Crippen molar-refractivity contribution in [3.8, 4) is 0 Å². The van der Waals surface area contributed by atoms with Crippen molar-refractivity contribution in [1.29, 1.82) is 0 Å². The van der Waals surface area contributed by atoms with E-state index in [0.717, 1.165) is 55.1 Å². The Bertz CT molecular complexity index is 634. The van der Waals surface area contributed by atoms with E-state index in [0.29, 0.717) is 5.41 Å². The number of benzene rings is 1. The molecule has 4 atom stereocenters. The highest BCUT2D eigenvalue weighted by Gasteiger charge is 2.56. The first-order valence-corrected chi connectivity index (χ1v) is 12.3. The smallest absolute Gasteiger partial charge is 0.0716 e. The van der Waals surface area contributed by atoms with Crippen LogP contribution in [0.5, 0.6) is 0 Å². The molecule has 1 aromatic carbocycles. The van der Waals surface area contributed by atoms with E-state index < -0.39 is 0 Å². The third-order valence-corrected chi connectivity index (χ3v) is 9.76. The van der Waals surface area contributed by atoms with Crippen LogP contribution in [0.2, 0.25) is 17.5 Å². The summed E-state index contributed by atoms with van der Waals surface area (Å²) in [6.45, 7) is 7.94. The molecule has 1 aromatic rings. The molecule has 1 nitrogen and oxygen atoms in total. The van der Waals surface area contributed by atoms with Crippen LogP contribution in [0.1, 0.15) is 77.2 Å². The summed E-state index contributed by atoms with van der Waals surface area (Å²) in [6, 6.07) is 10.7. The van der Waals surface area contributed by atoms with Gasteiger partial charge < -0.3 is 4.74 Å². The highest BCUT2D eigenvalue weighted by molar-refractivity contribution is 6.64. The van der Waals surface area contributed by atoms with Crippen LogP contribution >= 0.6 is 0 Å². The highest BCUT2D eigenvalue weighted by Crippen LogP contribution is 2.68. The van der Waals surface area contributed by atoms with Crippen LogP contribution in [0.25, 0.3) is 0 Å². The standard InChI is InChI=1S/C26H39BO/c1-26(2)20-16-24(26)23(14-15-28-18-19-8-4-3-5-9-19)25(17-20)27-21-10-6-11-22(27)13-7-12-21/h3-5,8-9,20-25H,6-7,10-18H2,1-2H3/q-1/t20-,21?,22?,23+,24+,25+/m1/s1. The average molecular weight is 378 g/mol. The molecule has 4 bridgehead atoms. The maximum atomic E-state index is 6.19. The first-order chi connectivity index (χ1) is 13.6. The predicted octanol–water partition coefficient (Wildman–Crippen LogP) is 7.25. The summed E-state index contributed by atoms with van der Waals surface area (Å²) in [5.74, 6) is 6.01. The Labute approximate surface area is 173 Å². The Kier molecular flexibility index (Phi) is 5.37. The zero-order valence-corrected chi connectivity index (χ0v) is 18.1. The molecule has 0 aromatic heterocycles. The maximum Gasteiger partial charge on any atom is 0.0716 e. The van der Waals surface area contributed by atoms with Crippen molar-refractivity contribution in [3.63, 3.8) is 0 Å². The van der Waals surface area contributed by atoms with Gasteiger partial charge in [-0.25, -0.2) is 0 Å². The number of hydrogen-bond donors (Lipinski definition) is 0. The molecule has 2 heteroatoms.